The van der Waals surface area contributed by atoms with Crippen LogP contribution in [0.3, 0.4) is 0 Å². The van der Waals surface area contributed by atoms with Crippen LogP contribution in [-0.2, 0) is 0 Å². The predicted octanol–water partition coefficient (Wildman–Crippen LogP) is 2.03. The van der Waals surface area contributed by atoms with Crippen LogP contribution in [-0.4, -0.2) is 54.3 Å². The molecule has 1 saturated heterocycles. The second-order valence-corrected chi connectivity index (χ2v) is 5.46. The molecule has 2 atom stereocenters. The Morgan fingerprint density at radius 1 is 1.26 bits per heavy atom. The summed E-state index contributed by atoms with van der Waals surface area (Å²) in [7, 11) is 2.10. The maximum Gasteiger partial charge on any atom is 0.179 e. The van der Waals surface area contributed by atoms with E-state index in [-0.39, 0.29) is 11.3 Å². The van der Waals surface area contributed by atoms with Crippen molar-refractivity contribution in [2.24, 2.45) is 0 Å². The van der Waals surface area contributed by atoms with Gasteiger partial charge in [-0.2, -0.15) is 0 Å². The van der Waals surface area contributed by atoms with Crippen LogP contribution in [0, 0.1) is 5.82 Å². The Hall–Kier alpha value is -1.26. The lowest BCUT2D eigenvalue weighted by atomic mass is 10.1. The Balaban J connectivity index is 2.02. The minimum Gasteiger partial charge on any atom is -0.298 e. The third-order valence-corrected chi connectivity index (χ3v) is 3.98. The van der Waals surface area contributed by atoms with Gasteiger partial charge in [0.2, 0.25) is 0 Å². The van der Waals surface area contributed by atoms with Gasteiger partial charge in [-0.25, -0.2) is 4.39 Å². The fourth-order valence-electron chi connectivity index (χ4n) is 2.62. The normalized spacial score (nSPS) is 25.5. The van der Waals surface area contributed by atoms with Crippen LogP contribution < -0.4 is 0 Å². The van der Waals surface area contributed by atoms with Crippen molar-refractivity contribution in [3.63, 3.8) is 0 Å². The van der Waals surface area contributed by atoms with E-state index in [0.717, 1.165) is 13.1 Å². The summed E-state index contributed by atoms with van der Waals surface area (Å²) in [6.07, 6.45) is 0. The molecule has 104 valence electrons. The standard InChI is InChI=1S/C15H21FN2O/c1-11-8-18(9-12(2)17(11)3)10-15(19)13-6-4-5-7-14(13)16/h4-7,11-12H,8-10H2,1-3H3. The molecule has 1 aliphatic rings. The molecule has 1 aliphatic heterocycles. The summed E-state index contributed by atoms with van der Waals surface area (Å²) >= 11 is 0. The van der Waals surface area contributed by atoms with Crippen LogP contribution in [0.1, 0.15) is 24.2 Å². The minimum absolute atomic E-state index is 0.137. The summed E-state index contributed by atoms with van der Waals surface area (Å²) in [6.45, 7) is 6.29. The van der Waals surface area contributed by atoms with E-state index in [1.165, 1.54) is 6.07 Å². The highest BCUT2D eigenvalue weighted by molar-refractivity contribution is 5.97. The Kier molecular flexibility index (Phi) is 4.32. The van der Waals surface area contributed by atoms with Crippen LogP contribution in [0.2, 0.25) is 0 Å². The molecule has 1 aromatic rings. The van der Waals surface area contributed by atoms with Crippen LogP contribution >= 0.6 is 0 Å². The van der Waals surface area contributed by atoms with Gasteiger partial charge in [-0.15, -0.1) is 0 Å². The predicted molar refractivity (Wildman–Crippen MR) is 73.9 cm³/mol. The van der Waals surface area contributed by atoms with Gasteiger partial charge in [-0.1, -0.05) is 12.1 Å². The number of carbonyl (C=O) groups excluding carboxylic acids is 1. The highest BCUT2D eigenvalue weighted by atomic mass is 19.1. The van der Waals surface area contributed by atoms with E-state index in [4.69, 9.17) is 0 Å². The third kappa shape index (κ3) is 3.19. The number of ketones is 1. The summed E-state index contributed by atoms with van der Waals surface area (Å²) in [5.74, 6) is -0.565. The SMILES string of the molecule is CC1CN(CC(=O)c2ccccc2F)CC(C)N1C. The summed E-state index contributed by atoms with van der Waals surface area (Å²) in [5.41, 5.74) is 0.196. The van der Waals surface area contributed by atoms with Crippen LogP contribution in [0.4, 0.5) is 4.39 Å². The van der Waals surface area contributed by atoms with Gasteiger partial charge >= 0.3 is 0 Å². The van der Waals surface area contributed by atoms with E-state index in [2.05, 4.69) is 30.7 Å². The number of piperazine rings is 1. The molecule has 19 heavy (non-hydrogen) atoms. The van der Waals surface area contributed by atoms with Crippen molar-refractivity contribution in [3.05, 3.63) is 35.6 Å². The summed E-state index contributed by atoms with van der Waals surface area (Å²) in [4.78, 5) is 16.6. The fraction of sp³-hybridized carbons (Fsp3) is 0.533. The summed E-state index contributed by atoms with van der Waals surface area (Å²) in [5, 5.41) is 0. The topological polar surface area (TPSA) is 23.6 Å². The highest BCUT2D eigenvalue weighted by Gasteiger charge is 2.28. The second kappa shape index (κ2) is 5.80. The molecule has 0 radical (unpaired) electrons. The monoisotopic (exact) mass is 264 g/mol. The van der Waals surface area contributed by atoms with E-state index >= 15 is 0 Å². The van der Waals surface area contributed by atoms with Gasteiger partial charge in [-0.05, 0) is 33.0 Å². The summed E-state index contributed by atoms with van der Waals surface area (Å²) < 4.78 is 13.6. The quantitative estimate of drug-likeness (QED) is 0.781. The van der Waals surface area contributed by atoms with Crippen molar-refractivity contribution >= 4 is 5.78 Å². The van der Waals surface area contributed by atoms with Gasteiger partial charge in [0.1, 0.15) is 5.82 Å². The number of rotatable bonds is 3. The number of likely N-dealkylation sites (N-methyl/N-ethyl adjacent to an activating group) is 1. The number of hydrogen-bond donors (Lipinski definition) is 0. The average Bonchev–Trinajstić information content (AvgIpc) is 2.36. The van der Waals surface area contributed by atoms with Crippen molar-refractivity contribution in [3.8, 4) is 0 Å². The molecule has 0 saturated carbocycles. The molecule has 1 fully saturated rings. The molecule has 4 heteroatoms. The molecule has 1 heterocycles. The number of benzene rings is 1. The summed E-state index contributed by atoms with van der Waals surface area (Å²) in [6, 6.07) is 7.02. The molecule has 0 spiro atoms. The maximum absolute atomic E-state index is 13.6. The van der Waals surface area contributed by atoms with Crippen LogP contribution in [0.5, 0.6) is 0 Å². The maximum atomic E-state index is 13.6. The molecule has 0 amide bonds. The van der Waals surface area contributed by atoms with Gasteiger partial charge in [0.25, 0.3) is 0 Å². The zero-order valence-electron chi connectivity index (χ0n) is 11.8. The Morgan fingerprint density at radius 3 is 2.42 bits per heavy atom. The average molecular weight is 264 g/mol. The fourth-order valence-corrected chi connectivity index (χ4v) is 2.62. The van der Waals surface area contributed by atoms with E-state index < -0.39 is 5.82 Å². The smallest absolute Gasteiger partial charge is 0.179 e. The minimum atomic E-state index is -0.428. The molecular weight excluding hydrogens is 243 g/mol. The first-order chi connectivity index (χ1) is 8.99. The number of halogens is 1. The molecule has 2 rings (SSSR count). The van der Waals surface area contributed by atoms with E-state index in [1.807, 2.05) is 0 Å². The largest absolute Gasteiger partial charge is 0.298 e. The lowest BCUT2D eigenvalue weighted by Crippen LogP contribution is -2.55. The molecular formula is C15H21FN2O. The zero-order chi connectivity index (χ0) is 14.0. The molecule has 0 N–H and O–H groups in total. The molecule has 2 unspecified atom stereocenters. The zero-order valence-corrected chi connectivity index (χ0v) is 11.8. The first-order valence-corrected chi connectivity index (χ1v) is 6.71. The van der Waals surface area contributed by atoms with Gasteiger partial charge < -0.3 is 0 Å². The lowest BCUT2D eigenvalue weighted by molar-refractivity contribution is 0.0548. The Morgan fingerprint density at radius 2 is 1.84 bits per heavy atom. The first-order valence-electron chi connectivity index (χ1n) is 6.71. The van der Waals surface area contributed by atoms with Gasteiger partial charge in [-0.3, -0.25) is 14.6 Å². The second-order valence-electron chi connectivity index (χ2n) is 5.46. The van der Waals surface area contributed by atoms with Crippen molar-refractivity contribution in [2.45, 2.75) is 25.9 Å². The molecule has 0 aliphatic carbocycles. The number of Topliss-reactive ketones (excluding diaryl/α,β-unsaturated/α-hetero) is 1. The van der Waals surface area contributed by atoms with Gasteiger partial charge in [0, 0.05) is 25.2 Å². The third-order valence-electron chi connectivity index (χ3n) is 3.98. The van der Waals surface area contributed by atoms with E-state index in [0.29, 0.717) is 18.6 Å². The number of carbonyl (C=O) groups is 1. The van der Waals surface area contributed by atoms with Crippen molar-refractivity contribution < 1.29 is 9.18 Å². The number of nitrogens with zero attached hydrogens (tertiary/aromatic N) is 2. The molecule has 0 aromatic heterocycles. The van der Waals surface area contributed by atoms with E-state index in [1.54, 1.807) is 18.2 Å². The lowest BCUT2D eigenvalue weighted by Gasteiger charge is -2.42. The molecule has 0 bridgehead atoms. The van der Waals surface area contributed by atoms with Crippen LogP contribution in [0.15, 0.2) is 24.3 Å². The number of hydrogen-bond acceptors (Lipinski definition) is 3. The highest BCUT2D eigenvalue weighted by Crippen LogP contribution is 2.15. The van der Waals surface area contributed by atoms with Gasteiger partial charge in [0.05, 0.1) is 12.1 Å². The van der Waals surface area contributed by atoms with Crippen molar-refractivity contribution in [1.82, 2.24) is 9.80 Å². The Bertz CT molecular complexity index is 451. The molecule has 3 nitrogen and oxygen atoms in total. The van der Waals surface area contributed by atoms with E-state index in [9.17, 15) is 9.18 Å². The molecule has 1 aromatic carbocycles. The van der Waals surface area contributed by atoms with Crippen molar-refractivity contribution in [2.75, 3.05) is 26.7 Å². The Labute approximate surface area is 114 Å². The van der Waals surface area contributed by atoms with Crippen LogP contribution in [0.25, 0.3) is 0 Å². The van der Waals surface area contributed by atoms with Gasteiger partial charge in [0.15, 0.2) is 5.78 Å². The first kappa shape index (κ1) is 14.2. The van der Waals surface area contributed by atoms with Crippen molar-refractivity contribution in [1.29, 1.82) is 0 Å².